The van der Waals surface area contributed by atoms with Gasteiger partial charge in [0.2, 0.25) is 0 Å². The summed E-state index contributed by atoms with van der Waals surface area (Å²) >= 11 is 5.75. The number of fused-ring (bicyclic) bond motifs is 1. The van der Waals surface area contributed by atoms with Crippen LogP contribution in [0, 0.1) is 0 Å². The summed E-state index contributed by atoms with van der Waals surface area (Å²) in [5.41, 5.74) is 0.255. The van der Waals surface area contributed by atoms with Crippen LogP contribution in [0.4, 0.5) is 0 Å². The Bertz CT molecular complexity index is 479. The fourth-order valence-corrected chi connectivity index (χ4v) is 1.17. The van der Waals surface area contributed by atoms with Gasteiger partial charge in [0.1, 0.15) is 0 Å². The van der Waals surface area contributed by atoms with E-state index in [1.807, 2.05) is 0 Å². The molecule has 60 valence electrons. The lowest BCUT2D eigenvalue weighted by Crippen LogP contribution is -2.06. The third kappa shape index (κ3) is 0.967. The summed E-state index contributed by atoms with van der Waals surface area (Å²) in [6.07, 6.45) is 4.21. The molecule has 0 fully saturated rings. The van der Waals surface area contributed by atoms with Gasteiger partial charge >= 0.3 is 0 Å². The highest BCUT2D eigenvalue weighted by Gasteiger charge is 2.02. The van der Waals surface area contributed by atoms with Crippen molar-refractivity contribution in [1.29, 1.82) is 0 Å². The van der Waals surface area contributed by atoms with Crippen molar-refractivity contribution in [2.75, 3.05) is 0 Å². The van der Waals surface area contributed by atoms with E-state index in [-0.39, 0.29) is 5.56 Å². The minimum absolute atomic E-state index is 0.227. The van der Waals surface area contributed by atoms with Crippen LogP contribution >= 0.6 is 11.6 Å². The van der Waals surface area contributed by atoms with Crippen molar-refractivity contribution in [1.82, 2.24) is 15.0 Å². The zero-order chi connectivity index (χ0) is 8.55. The van der Waals surface area contributed by atoms with Crippen LogP contribution < -0.4 is 5.56 Å². The molecule has 4 nitrogen and oxygen atoms in total. The standard InChI is InChI=1S/C7H4ClN3O/c8-5-2-9-1-4-6(5)10-3-11-7(4)12/h1-3H,(H,10,11,12). The maximum Gasteiger partial charge on any atom is 0.260 e. The van der Waals surface area contributed by atoms with Gasteiger partial charge in [-0.05, 0) is 0 Å². The third-order valence-electron chi connectivity index (χ3n) is 1.51. The Hall–Kier alpha value is -1.42. The van der Waals surface area contributed by atoms with Gasteiger partial charge in [-0.25, -0.2) is 4.98 Å². The zero-order valence-electron chi connectivity index (χ0n) is 5.91. The molecular formula is C7H4ClN3O. The molecule has 0 aliphatic heterocycles. The largest absolute Gasteiger partial charge is 0.313 e. The van der Waals surface area contributed by atoms with E-state index in [0.717, 1.165) is 0 Å². The molecule has 2 aromatic rings. The summed E-state index contributed by atoms with van der Waals surface area (Å²) in [5.74, 6) is 0. The summed E-state index contributed by atoms with van der Waals surface area (Å²) in [5, 5.41) is 0.795. The summed E-state index contributed by atoms with van der Waals surface area (Å²) in [7, 11) is 0. The lowest BCUT2D eigenvalue weighted by atomic mass is 10.3. The smallest absolute Gasteiger partial charge is 0.260 e. The van der Waals surface area contributed by atoms with Gasteiger partial charge in [0, 0.05) is 12.4 Å². The summed E-state index contributed by atoms with van der Waals surface area (Å²) < 4.78 is 0. The van der Waals surface area contributed by atoms with Gasteiger partial charge in [-0.1, -0.05) is 11.6 Å². The van der Waals surface area contributed by atoms with Gasteiger partial charge in [-0.2, -0.15) is 0 Å². The van der Waals surface area contributed by atoms with Gasteiger partial charge in [0.15, 0.2) is 0 Å². The molecule has 2 heterocycles. The Kier molecular flexibility index (Phi) is 1.55. The van der Waals surface area contributed by atoms with Crippen molar-refractivity contribution in [2.24, 2.45) is 0 Å². The van der Waals surface area contributed by atoms with Crippen LogP contribution in [0.25, 0.3) is 10.9 Å². The monoisotopic (exact) mass is 181 g/mol. The molecule has 0 aliphatic rings. The molecule has 0 aliphatic carbocycles. The van der Waals surface area contributed by atoms with E-state index >= 15 is 0 Å². The fraction of sp³-hybridized carbons (Fsp3) is 0. The van der Waals surface area contributed by atoms with E-state index in [2.05, 4.69) is 15.0 Å². The van der Waals surface area contributed by atoms with Gasteiger partial charge in [-0.3, -0.25) is 9.78 Å². The molecule has 0 atom stereocenters. The minimum atomic E-state index is -0.227. The number of nitrogens with zero attached hydrogens (tertiary/aromatic N) is 2. The Morgan fingerprint density at radius 1 is 1.42 bits per heavy atom. The van der Waals surface area contributed by atoms with Crippen LogP contribution in [0.2, 0.25) is 5.02 Å². The SMILES string of the molecule is O=c1[nH]cnc2c(Cl)cncc12. The first-order chi connectivity index (χ1) is 5.79. The number of nitrogens with one attached hydrogen (secondary N) is 1. The molecular weight excluding hydrogens is 178 g/mol. The fourth-order valence-electron chi connectivity index (χ4n) is 0.959. The van der Waals surface area contributed by atoms with Crippen LogP contribution in [0.1, 0.15) is 0 Å². The number of aromatic amines is 1. The van der Waals surface area contributed by atoms with Crippen molar-refractivity contribution in [3.63, 3.8) is 0 Å². The van der Waals surface area contributed by atoms with Crippen molar-refractivity contribution >= 4 is 22.5 Å². The van der Waals surface area contributed by atoms with Crippen LogP contribution in [0.5, 0.6) is 0 Å². The predicted molar refractivity (Wildman–Crippen MR) is 45.2 cm³/mol. The molecule has 0 spiro atoms. The molecule has 2 aromatic heterocycles. The second-order valence-electron chi connectivity index (χ2n) is 2.25. The number of aromatic nitrogens is 3. The maximum atomic E-state index is 11.1. The molecule has 0 unspecified atom stereocenters. The Morgan fingerprint density at radius 2 is 2.25 bits per heavy atom. The molecule has 0 saturated heterocycles. The number of pyridine rings is 1. The summed E-state index contributed by atoms with van der Waals surface area (Å²) in [4.78, 5) is 21.3. The Labute approximate surface area is 72.2 Å². The van der Waals surface area contributed by atoms with Gasteiger partial charge in [-0.15, -0.1) is 0 Å². The molecule has 1 N–H and O–H groups in total. The highest BCUT2D eigenvalue weighted by molar-refractivity contribution is 6.34. The van der Waals surface area contributed by atoms with Crippen molar-refractivity contribution in [3.05, 3.63) is 34.1 Å². The average Bonchev–Trinajstić information content (AvgIpc) is 2.07. The molecule has 0 saturated carbocycles. The van der Waals surface area contributed by atoms with E-state index in [9.17, 15) is 4.79 Å². The van der Waals surface area contributed by atoms with Crippen molar-refractivity contribution in [3.8, 4) is 0 Å². The van der Waals surface area contributed by atoms with Crippen molar-refractivity contribution < 1.29 is 0 Å². The zero-order valence-corrected chi connectivity index (χ0v) is 6.67. The lowest BCUT2D eigenvalue weighted by Gasteiger charge is -1.94. The first kappa shape index (κ1) is 7.24. The average molecular weight is 182 g/mol. The molecule has 5 heteroatoms. The second-order valence-corrected chi connectivity index (χ2v) is 2.66. The summed E-state index contributed by atoms with van der Waals surface area (Å²) in [6.45, 7) is 0. The molecule has 0 amide bonds. The quantitative estimate of drug-likeness (QED) is 0.659. The number of hydrogen-bond acceptors (Lipinski definition) is 3. The van der Waals surface area contributed by atoms with Crippen molar-refractivity contribution in [2.45, 2.75) is 0 Å². The van der Waals surface area contributed by atoms with E-state index in [4.69, 9.17) is 11.6 Å². The van der Waals surface area contributed by atoms with Crippen LogP contribution in [0.15, 0.2) is 23.5 Å². The number of H-pyrrole nitrogens is 1. The summed E-state index contributed by atoms with van der Waals surface area (Å²) in [6, 6.07) is 0. The lowest BCUT2D eigenvalue weighted by molar-refractivity contribution is 1.16. The maximum absolute atomic E-state index is 11.1. The molecule has 0 bridgehead atoms. The highest BCUT2D eigenvalue weighted by Crippen LogP contribution is 2.15. The third-order valence-corrected chi connectivity index (χ3v) is 1.78. The normalized spacial score (nSPS) is 10.4. The molecule has 0 aromatic carbocycles. The topological polar surface area (TPSA) is 58.6 Å². The van der Waals surface area contributed by atoms with E-state index in [1.54, 1.807) is 0 Å². The van der Waals surface area contributed by atoms with E-state index < -0.39 is 0 Å². The molecule has 0 radical (unpaired) electrons. The van der Waals surface area contributed by atoms with Gasteiger partial charge < -0.3 is 4.98 Å². The van der Waals surface area contributed by atoms with E-state index in [0.29, 0.717) is 15.9 Å². The number of halogens is 1. The Balaban J connectivity index is 3.05. The highest BCUT2D eigenvalue weighted by atomic mass is 35.5. The molecule has 12 heavy (non-hydrogen) atoms. The number of rotatable bonds is 0. The van der Waals surface area contributed by atoms with Crippen LogP contribution in [0.3, 0.4) is 0 Å². The first-order valence-electron chi connectivity index (χ1n) is 3.26. The van der Waals surface area contributed by atoms with E-state index in [1.165, 1.54) is 18.7 Å². The second kappa shape index (κ2) is 2.57. The van der Waals surface area contributed by atoms with Crippen LogP contribution in [-0.2, 0) is 0 Å². The first-order valence-corrected chi connectivity index (χ1v) is 3.64. The Morgan fingerprint density at radius 3 is 3.00 bits per heavy atom. The number of hydrogen-bond donors (Lipinski definition) is 1. The van der Waals surface area contributed by atoms with Crippen LogP contribution in [-0.4, -0.2) is 15.0 Å². The van der Waals surface area contributed by atoms with Gasteiger partial charge in [0.25, 0.3) is 5.56 Å². The molecule has 2 rings (SSSR count). The predicted octanol–water partition coefficient (Wildman–Crippen LogP) is 0.972. The van der Waals surface area contributed by atoms with Gasteiger partial charge in [0.05, 0.1) is 22.3 Å². The minimum Gasteiger partial charge on any atom is -0.313 e.